The topological polar surface area (TPSA) is 109 Å². The number of carboxylic acids is 1. The molecule has 0 aliphatic heterocycles. The van der Waals surface area contributed by atoms with Crippen molar-refractivity contribution in [2.75, 3.05) is 31.2 Å². The molecule has 0 amide bonds. The molecule has 2 N–H and O–H groups in total. The van der Waals surface area contributed by atoms with Crippen molar-refractivity contribution in [3.8, 4) is 17.2 Å². The molecule has 0 aliphatic carbocycles. The number of benzene rings is 2. The third kappa shape index (κ3) is 5.62. The van der Waals surface area contributed by atoms with Crippen molar-refractivity contribution in [2.45, 2.75) is 33.2 Å². The molecule has 2 aromatic carbocycles. The average Bonchev–Trinajstić information content (AvgIpc) is 2.74. The van der Waals surface area contributed by atoms with Crippen LogP contribution in [0.25, 0.3) is 0 Å². The Kier molecular flexibility index (Phi) is 8.46. The van der Waals surface area contributed by atoms with Crippen LogP contribution in [0.15, 0.2) is 41.6 Å². The van der Waals surface area contributed by atoms with Gasteiger partial charge in [0.25, 0.3) is 0 Å². The number of nitrogens with zero attached hydrogens (tertiary/aromatic N) is 2. The molecule has 0 radical (unpaired) electrons. The Balaban J connectivity index is 2.21. The second-order valence-electron chi connectivity index (χ2n) is 6.66. The SMILES string of the molecule is CCCOc1cc(C(COc2ccc(C(=O)O)c(O)c2)N=O)ccc1N(CC)CC. The van der Waals surface area contributed by atoms with Gasteiger partial charge in [-0.2, -0.15) is 4.91 Å². The maximum Gasteiger partial charge on any atom is 0.339 e. The smallest absolute Gasteiger partial charge is 0.339 e. The molecule has 2 aromatic rings. The Hall–Kier alpha value is -3.29. The molecule has 0 spiro atoms. The molecule has 0 saturated heterocycles. The molecule has 8 nitrogen and oxygen atoms in total. The first-order valence-electron chi connectivity index (χ1n) is 9.98. The lowest BCUT2D eigenvalue weighted by Crippen LogP contribution is -2.23. The monoisotopic (exact) mass is 416 g/mol. The highest BCUT2D eigenvalue weighted by molar-refractivity contribution is 5.90. The van der Waals surface area contributed by atoms with Crippen molar-refractivity contribution < 1.29 is 24.5 Å². The van der Waals surface area contributed by atoms with E-state index >= 15 is 0 Å². The minimum atomic E-state index is -1.24. The first-order chi connectivity index (χ1) is 14.4. The van der Waals surface area contributed by atoms with E-state index in [0.717, 1.165) is 25.2 Å². The number of phenols is 1. The van der Waals surface area contributed by atoms with Gasteiger partial charge in [-0.15, -0.1) is 0 Å². The van der Waals surface area contributed by atoms with Gasteiger partial charge in [0.15, 0.2) is 6.04 Å². The van der Waals surface area contributed by atoms with Gasteiger partial charge in [0.2, 0.25) is 0 Å². The normalized spacial score (nSPS) is 11.6. The number of carbonyl (C=O) groups is 1. The Morgan fingerprint density at radius 3 is 2.40 bits per heavy atom. The molecular weight excluding hydrogens is 388 g/mol. The van der Waals surface area contributed by atoms with Crippen LogP contribution < -0.4 is 14.4 Å². The Morgan fingerprint density at radius 2 is 1.83 bits per heavy atom. The zero-order valence-corrected chi connectivity index (χ0v) is 17.5. The highest BCUT2D eigenvalue weighted by Gasteiger charge is 2.18. The van der Waals surface area contributed by atoms with Gasteiger partial charge < -0.3 is 24.6 Å². The van der Waals surface area contributed by atoms with Crippen LogP contribution in [0.2, 0.25) is 0 Å². The Labute approximate surface area is 176 Å². The van der Waals surface area contributed by atoms with Crippen molar-refractivity contribution in [1.82, 2.24) is 0 Å². The molecule has 1 atom stereocenters. The summed E-state index contributed by atoms with van der Waals surface area (Å²) in [7, 11) is 0. The molecule has 8 heteroatoms. The zero-order valence-electron chi connectivity index (χ0n) is 17.5. The van der Waals surface area contributed by atoms with Crippen LogP contribution in [0.1, 0.15) is 49.2 Å². The largest absolute Gasteiger partial charge is 0.507 e. The van der Waals surface area contributed by atoms with Crippen molar-refractivity contribution in [2.24, 2.45) is 5.18 Å². The van der Waals surface area contributed by atoms with Crippen LogP contribution in [-0.4, -0.2) is 42.5 Å². The van der Waals surface area contributed by atoms with Gasteiger partial charge in [-0.05, 0) is 50.1 Å². The van der Waals surface area contributed by atoms with E-state index in [1.807, 2.05) is 25.1 Å². The number of carboxylic acid groups (broad SMARTS) is 1. The highest BCUT2D eigenvalue weighted by Crippen LogP contribution is 2.33. The summed E-state index contributed by atoms with van der Waals surface area (Å²) in [6.07, 6.45) is 0.857. The van der Waals surface area contributed by atoms with Gasteiger partial charge in [0.1, 0.15) is 29.4 Å². The fraction of sp³-hybridized carbons (Fsp3) is 0.409. The molecule has 0 heterocycles. The molecule has 0 fully saturated rings. The number of hydrogen-bond acceptors (Lipinski definition) is 7. The fourth-order valence-corrected chi connectivity index (χ4v) is 3.04. The van der Waals surface area contributed by atoms with E-state index in [1.165, 1.54) is 18.2 Å². The molecule has 2 rings (SSSR count). The van der Waals surface area contributed by atoms with E-state index in [4.69, 9.17) is 14.6 Å². The van der Waals surface area contributed by atoms with Gasteiger partial charge in [-0.3, -0.25) is 0 Å². The quantitative estimate of drug-likeness (QED) is 0.486. The van der Waals surface area contributed by atoms with Crippen LogP contribution in [0, 0.1) is 4.91 Å². The van der Waals surface area contributed by atoms with Crippen LogP contribution in [-0.2, 0) is 0 Å². The minimum absolute atomic E-state index is 0.0623. The van der Waals surface area contributed by atoms with Crippen molar-refractivity contribution in [3.05, 3.63) is 52.4 Å². The number of ether oxygens (including phenoxy) is 2. The average molecular weight is 416 g/mol. The molecule has 0 bridgehead atoms. The predicted octanol–water partition coefficient (Wildman–Crippen LogP) is 4.61. The lowest BCUT2D eigenvalue weighted by Gasteiger charge is -2.25. The lowest BCUT2D eigenvalue weighted by molar-refractivity contribution is 0.0693. The summed E-state index contributed by atoms with van der Waals surface area (Å²) >= 11 is 0. The van der Waals surface area contributed by atoms with E-state index in [9.17, 15) is 14.8 Å². The highest BCUT2D eigenvalue weighted by atomic mass is 16.5. The molecule has 1 unspecified atom stereocenters. The molecule has 30 heavy (non-hydrogen) atoms. The standard InChI is InChI=1S/C22H28N2O6/c1-4-11-29-21-12-15(7-10-19(21)24(5-2)6-3)18(23-28)14-30-16-8-9-17(22(26)27)20(25)13-16/h7-10,12-13,18,25H,4-6,11,14H2,1-3H3,(H,26,27). The summed E-state index contributed by atoms with van der Waals surface area (Å²) < 4.78 is 11.5. The third-order valence-corrected chi connectivity index (χ3v) is 4.67. The Morgan fingerprint density at radius 1 is 1.10 bits per heavy atom. The zero-order chi connectivity index (χ0) is 22.1. The fourth-order valence-electron chi connectivity index (χ4n) is 3.04. The second kappa shape index (κ2) is 11.0. The molecular formula is C22H28N2O6. The van der Waals surface area contributed by atoms with Gasteiger partial charge in [-0.25, -0.2) is 4.79 Å². The number of nitroso groups, excluding NO2 is 1. The third-order valence-electron chi connectivity index (χ3n) is 4.67. The van der Waals surface area contributed by atoms with E-state index in [0.29, 0.717) is 17.9 Å². The second-order valence-corrected chi connectivity index (χ2v) is 6.66. The maximum atomic E-state index is 11.5. The summed E-state index contributed by atoms with van der Waals surface area (Å²) in [4.78, 5) is 24.6. The number of rotatable bonds is 12. The summed E-state index contributed by atoms with van der Waals surface area (Å²) in [5.41, 5.74) is 1.38. The molecule has 0 aliphatic rings. The minimum Gasteiger partial charge on any atom is -0.507 e. The summed E-state index contributed by atoms with van der Waals surface area (Å²) in [6.45, 7) is 8.30. The molecule has 0 aromatic heterocycles. The van der Waals surface area contributed by atoms with Crippen molar-refractivity contribution in [1.29, 1.82) is 0 Å². The van der Waals surface area contributed by atoms with Crippen molar-refractivity contribution in [3.63, 3.8) is 0 Å². The number of aromatic carboxylic acids is 1. The van der Waals surface area contributed by atoms with E-state index in [-0.39, 0.29) is 17.9 Å². The summed E-state index contributed by atoms with van der Waals surface area (Å²) in [6, 6.07) is 8.62. The molecule has 162 valence electrons. The van der Waals surface area contributed by atoms with Crippen LogP contribution >= 0.6 is 0 Å². The summed E-state index contributed by atoms with van der Waals surface area (Å²) in [5, 5.41) is 21.9. The van der Waals surface area contributed by atoms with Crippen molar-refractivity contribution >= 4 is 11.7 Å². The van der Waals surface area contributed by atoms with Gasteiger partial charge in [-0.1, -0.05) is 18.2 Å². The van der Waals surface area contributed by atoms with Crippen LogP contribution in [0.5, 0.6) is 17.2 Å². The first kappa shape index (κ1) is 23.0. The molecule has 0 saturated carbocycles. The summed E-state index contributed by atoms with van der Waals surface area (Å²) in [5.74, 6) is -0.711. The van der Waals surface area contributed by atoms with Gasteiger partial charge in [0.05, 0.1) is 12.3 Å². The number of hydrogen-bond donors (Lipinski definition) is 2. The maximum absolute atomic E-state index is 11.5. The number of anilines is 1. The van der Waals surface area contributed by atoms with E-state index < -0.39 is 17.8 Å². The first-order valence-corrected chi connectivity index (χ1v) is 9.98. The number of aromatic hydroxyl groups is 1. The van der Waals surface area contributed by atoms with E-state index in [2.05, 4.69) is 23.9 Å². The van der Waals surface area contributed by atoms with Gasteiger partial charge in [0, 0.05) is 19.2 Å². The Bertz CT molecular complexity index is 867. The van der Waals surface area contributed by atoms with E-state index in [1.54, 1.807) is 0 Å². The lowest BCUT2D eigenvalue weighted by atomic mass is 10.1. The van der Waals surface area contributed by atoms with Crippen LogP contribution in [0.3, 0.4) is 0 Å². The van der Waals surface area contributed by atoms with Gasteiger partial charge >= 0.3 is 5.97 Å². The predicted molar refractivity (Wildman–Crippen MR) is 115 cm³/mol. The van der Waals surface area contributed by atoms with Crippen LogP contribution in [0.4, 0.5) is 5.69 Å².